The Morgan fingerprint density at radius 1 is 0.857 bits per heavy atom. The van der Waals surface area contributed by atoms with E-state index in [-0.39, 0.29) is 18.1 Å². The molecule has 3 aromatic carbocycles. The van der Waals surface area contributed by atoms with Gasteiger partial charge in [0, 0.05) is 17.1 Å². The van der Waals surface area contributed by atoms with Crippen molar-refractivity contribution in [2.75, 3.05) is 24.9 Å². The summed E-state index contributed by atoms with van der Waals surface area (Å²) >= 11 is 0. The highest BCUT2D eigenvalue weighted by Gasteiger charge is 2.08. The summed E-state index contributed by atoms with van der Waals surface area (Å²) < 4.78 is 23.7. The summed E-state index contributed by atoms with van der Waals surface area (Å²) in [6.45, 7) is 0. The smallest absolute Gasteiger partial charge is 0.228 e. The zero-order chi connectivity index (χ0) is 19.9. The minimum absolute atomic E-state index is 0.0762. The summed E-state index contributed by atoms with van der Waals surface area (Å²) in [5.41, 5.74) is 3.06. The Balaban J connectivity index is 1.57. The molecule has 0 fully saturated rings. The number of anilines is 3. The third kappa shape index (κ3) is 5.01. The summed E-state index contributed by atoms with van der Waals surface area (Å²) in [5.74, 6) is 0.242. The quantitative estimate of drug-likeness (QED) is 0.620. The molecule has 0 radical (unpaired) electrons. The standard InChI is InChI=1S/C22H21FN2O3/c1-27-19-10-8-17(9-11-19)24-16-4-6-18(7-5-16)25-22(26)14-15-3-12-21(28-2)20(23)13-15/h3-13,24H,14H2,1-2H3,(H,25,26). The number of halogens is 1. The maximum Gasteiger partial charge on any atom is 0.228 e. The van der Waals surface area contributed by atoms with Crippen LogP contribution in [0.1, 0.15) is 5.56 Å². The molecular formula is C22H21FN2O3. The molecule has 0 saturated heterocycles. The summed E-state index contributed by atoms with van der Waals surface area (Å²) in [7, 11) is 3.03. The Morgan fingerprint density at radius 3 is 2.04 bits per heavy atom. The molecule has 0 unspecified atom stereocenters. The lowest BCUT2D eigenvalue weighted by Gasteiger charge is -2.10. The van der Waals surface area contributed by atoms with E-state index >= 15 is 0 Å². The van der Waals surface area contributed by atoms with E-state index in [0.29, 0.717) is 11.3 Å². The van der Waals surface area contributed by atoms with E-state index in [2.05, 4.69) is 10.6 Å². The molecule has 0 aromatic heterocycles. The van der Waals surface area contributed by atoms with Crippen molar-refractivity contribution in [1.82, 2.24) is 0 Å². The Morgan fingerprint density at radius 2 is 1.46 bits per heavy atom. The van der Waals surface area contributed by atoms with Crippen LogP contribution in [0, 0.1) is 5.82 Å². The van der Waals surface area contributed by atoms with Crippen LogP contribution in [0.15, 0.2) is 66.7 Å². The summed E-state index contributed by atoms with van der Waals surface area (Å²) in [6, 6.07) is 19.4. The van der Waals surface area contributed by atoms with Gasteiger partial charge in [-0.05, 0) is 66.2 Å². The number of hydrogen-bond acceptors (Lipinski definition) is 4. The number of rotatable bonds is 7. The number of benzene rings is 3. The zero-order valence-corrected chi connectivity index (χ0v) is 15.7. The second-order valence-corrected chi connectivity index (χ2v) is 6.12. The van der Waals surface area contributed by atoms with Crippen molar-refractivity contribution >= 4 is 23.0 Å². The monoisotopic (exact) mass is 380 g/mol. The van der Waals surface area contributed by atoms with Gasteiger partial charge in [-0.15, -0.1) is 0 Å². The topological polar surface area (TPSA) is 59.6 Å². The van der Waals surface area contributed by atoms with Crippen molar-refractivity contribution < 1.29 is 18.7 Å². The Kier molecular flexibility index (Phi) is 6.11. The van der Waals surface area contributed by atoms with Crippen molar-refractivity contribution in [2.24, 2.45) is 0 Å². The van der Waals surface area contributed by atoms with Crippen LogP contribution < -0.4 is 20.1 Å². The molecule has 3 aromatic rings. The first kappa shape index (κ1) is 19.2. The lowest BCUT2D eigenvalue weighted by molar-refractivity contribution is -0.115. The first-order valence-corrected chi connectivity index (χ1v) is 8.71. The second-order valence-electron chi connectivity index (χ2n) is 6.12. The lowest BCUT2D eigenvalue weighted by atomic mass is 10.1. The molecule has 0 aliphatic carbocycles. The van der Waals surface area contributed by atoms with Gasteiger partial charge in [-0.25, -0.2) is 4.39 Å². The van der Waals surface area contributed by atoms with E-state index in [4.69, 9.17) is 9.47 Å². The van der Waals surface area contributed by atoms with Crippen molar-refractivity contribution in [3.8, 4) is 11.5 Å². The number of carbonyl (C=O) groups excluding carboxylic acids is 1. The fraction of sp³-hybridized carbons (Fsp3) is 0.136. The van der Waals surface area contributed by atoms with Gasteiger partial charge in [0.1, 0.15) is 5.75 Å². The highest BCUT2D eigenvalue weighted by molar-refractivity contribution is 5.92. The first-order valence-electron chi connectivity index (χ1n) is 8.71. The van der Waals surface area contributed by atoms with Crippen LogP contribution in [-0.2, 0) is 11.2 Å². The Hall–Kier alpha value is -3.54. The summed E-state index contributed by atoms with van der Waals surface area (Å²) in [4.78, 5) is 12.2. The summed E-state index contributed by atoms with van der Waals surface area (Å²) in [6.07, 6.45) is 0.0762. The van der Waals surface area contributed by atoms with Crippen LogP contribution in [0.25, 0.3) is 0 Å². The van der Waals surface area contributed by atoms with Crippen molar-refractivity contribution in [3.63, 3.8) is 0 Å². The van der Waals surface area contributed by atoms with Gasteiger partial charge in [0.15, 0.2) is 11.6 Å². The molecule has 0 atom stereocenters. The molecule has 5 nitrogen and oxygen atoms in total. The highest BCUT2D eigenvalue weighted by atomic mass is 19.1. The Bertz CT molecular complexity index is 941. The van der Waals surface area contributed by atoms with E-state index in [9.17, 15) is 9.18 Å². The molecule has 0 aliphatic heterocycles. The van der Waals surface area contributed by atoms with Gasteiger partial charge in [0.2, 0.25) is 5.91 Å². The molecule has 144 valence electrons. The minimum atomic E-state index is -0.484. The predicted octanol–water partition coefficient (Wildman–Crippen LogP) is 4.77. The van der Waals surface area contributed by atoms with Crippen LogP contribution in [0.3, 0.4) is 0 Å². The SMILES string of the molecule is COc1ccc(Nc2ccc(NC(=O)Cc3ccc(OC)c(F)c3)cc2)cc1. The van der Waals surface area contributed by atoms with Gasteiger partial charge in [0.05, 0.1) is 20.6 Å². The molecule has 2 N–H and O–H groups in total. The molecule has 3 rings (SSSR count). The van der Waals surface area contributed by atoms with Gasteiger partial charge in [-0.3, -0.25) is 4.79 Å². The van der Waals surface area contributed by atoms with Gasteiger partial charge in [0.25, 0.3) is 0 Å². The third-order valence-electron chi connectivity index (χ3n) is 4.13. The molecule has 6 heteroatoms. The zero-order valence-electron chi connectivity index (χ0n) is 15.7. The van der Waals surface area contributed by atoms with Gasteiger partial charge < -0.3 is 20.1 Å². The lowest BCUT2D eigenvalue weighted by Crippen LogP contribution is -2.14. The molecule has 0 bridgehead atoms. The number of methoxy groups -OCH3 is 2. The molecular weight excluding hydrogens is 359 g/mol. The number of hydrogen-bond donors (Lipinski definition) is 2. The molecule has 0 spiro atoms. The summed E-state index contributed by atoms with van der Waals surface area (Å²) in [5, 5.41) is 6.08. The van der Waals surface area contributed by atoms with Crippen molar-refractivity contribution in [3.05, 3.63) is 78.1 Å². The maximum absolute atomic E-state index is 13.7. The van der Waals surface area contributed by atoms with Crippen molar-refractivity contribution in [1.29, 1.82) is 0 Å². The maximum atomic E-state index is 13.7. The van der Waals surface area contributed by atoms with Crippen LogP contribution >= 0.6 is 0 Å². The third-order valence-corrected chi connectivity index (χ3v) is 4.13. The van der Waals surface area contributed by atoms with E-state index in [1.54, 1.807) is 25.3 Å². The number of amides is 1. The van der Waals surface area contributed by atoms with Crippen LogP contribution in [0.5, 0.6) is 11.5 Å². The van der Waals surface area contributed by atoms with Crippen LogP contribution in [-0.4, -0.2) is 20.1 Å². The van der Waals surface area contributed by atoms with Gasteiger partial charge >= 0.3 is 0 Å². The molecule has 0 aliphatic rings. The van der Waals surface area contributed by atoms with Crippen LogP contribution in [0.4, 0.5) is 21.5 Å². The number of carbonyl (C=O) groups is 1. The average molecular weight is 380 g/mol. The second kappa shape index (κ2) is 8.90. The van der Waals surface area contributed by atoms with E-state index < -0.39 is 5.82 Å². The fourth-order valence-electron chi connectivity index (χ4n) is 2.69. The van der Waals surface area contributed by atoms with Crippen molar-refractivity contribution in [2.45, 2.75) is 6.42 Å². The minimum Gasteiger partial charge on any atom is -0.497 e. The predicted molar refractivity (Wildman–Crippen MR) is 108 cm³/mol. The molecule has 28 heavy (non-hydrogen) atoms. The van der Waals surface area contributed by atoms with Gasteiger partial charge in [-0.1, -0.05) is 6.07 Å². The van der Waals surface area contributed by atoms with E-state index in [0.717, 1.165) is 17.1 Å². The molecule has 0 heterocycles. The molecule has 1 amide bonds. The van der Waals surface area contributed by atoms with E-state index in [1.807, 2.05) is 36.4 Å². The number of ether oxygens (including phenoxy) is 2. The van der Waals surface area contributed by atoms with E-state index in [1.165, 1.54) is 19.2 Å². The number of nitrogens with one attached hydrogen (secondary N) is 2. The average Bonchev–Trinajstić information content (AvgIpc) is 2.70. The fourth-order valence-corrected chi connectivity index (χ4v) is 2.69. The Labute approximate surface area is 163 Å². The van der Waals surface area contributed by atoms with Crippen LogP contribution in [0.2, 0.25) is 0 Å². The molecule has 0 saturated carbocycles. The normalized spacial score (nSPS) is 10.2. The van der Waals surface area contributed by atoms with Gasteiger partial charge in [-0.2, -0.15) is 0 Å². The first-order chi connectivity index (χ1) is 13.6. The largest absolute Gasteiger partial charge is 0.497 e. The highest BCUT2D eigenvalue weighted by Crippen LogP contribution is 2.22.